The second kappa shape index (κ2) is 10.1. The quantitative estimate of drug-likeness (QED) is 0.692. The van der Waals surface area contributed by atoms with Gasteiger partial charge < -0.3 is 15.4 Å². The molecule has 0 aromatic rings. The molecule has 1 aliphatic heterocycles. The molecular formula is C16H31N3O2. The molecule has 0 aromatic heterocycles. The number of ether oxygens (including phenoxy) is 1. The molecule has 0 bridgehead atoms. The van der Waals surface area contributed by atoms with Crippen LogP contribution in [0.4, 0.5) is 0 Å². The van der Waals surface area contributed by atoms with E-state index in [1.54, 1.807) is 0 Å². The Balaban J connectivity index is 1.46. The predicted molar refractivity (Wildman–Crippen MR) is 84.4 cm³/mol. The van der Waals surface area contributed by atoms with Crippen molar-refractivity contribution in [2.24, 2.45) is 0 Å². The molecule has 0 aromatic carbocycles. The van der Waals surface area contributed by atoms with Crippen LogP contribution >= 0.6 is 0 Å². The van der Waals surface area contributed by atoms with E-state index in [1.165, 1.54) is 32.1 Å². The Kier molecular flexibility index (Phi) is 8.07. The van der Waals surface area contributed by atoms with E-state index in [4.69, 9.17) is 4.74 Å². The lowest BCUT2D eigenvalue weighted by molar-refractivity contribution is -0.122. The first kappa shape index (κ1) is 16.7. The van der Waals surface area contributed by atoms with Crippen molar-refractivity contribution >= 4 is 5.91 Å². The fourth-order valence-electron chi connectivity index (χ4n) is 3.10. The minimum absolute atomic E-state index is 0.148. The summed E-state index contributed by atoms with van der Waals surface area (Å²) in [6.45, 7) is 6.09. The highest BCUT2D eigenvalue weighted by atomic mass is 16.5. The van der Waals surface area contributed by atoms with Gasteiger partial charge in [0.05, 0.1) is 12.6 Å². The van der Waals surface area contributed by atoms with Gasteiger partial charge in [0.1, 0.15) is 0 Å². The Morgan fingerprint density at radius 2 is 2.00 bits per heavy atom. The lowest BCUT2D eigenvalue weighted by atomic mass is 9.98. The van der Waals surface area contributed by atoms with Crippen molar-refractivity contribution in [1.82, 2.24) is 15.5 Å². The Morgan fingerprint density at radius 1 is 1.14 bits per heavy atom. The number of amides is 1. The summed E-state index contributed by atoms with van der Waals surface area (Å²) in [7, 11) is 0. The molecular weight excluding hydrogens is 266 g/mol. The molecule has 0 spiro atoms. The van der Waals surface area contributed by atoms with Crippen molar-refractivity contribution in [1.29, 1.82) is 0 Å². The van der Waals surface area contributed by atoms with Crippen LogP contribution in [0.15, 0.2) is 0 Å². The predicted octanol–water partition coefficient (Wildman–Crippen LogP) is 1.14. The van der Waals surface area contributed by atoms with E-state index in [0.717, 1.165) is 52.2 Å². The van der Waals surface area contributed by atoms with Crippen LogP contribution in [-0.4, -0.2) is 62.8 Å². The van der Waals surface area contributed by atoms with Crippen molar-refractivity contribution in [2.45, 2.75) is 51.0 Å². The Hall–Kier alpha value is -0.650. The zero-order valence-corrected chi connectivity index (χ0v) is 13.2. The molecule has 122 valence electrons. The second-order valence-electron chi connectivity index (χ2n) is 6.21. The molecule has 1 saturated heterocycles. The summed E-state index contributed by atoms with van der Waals surface area (Å²) in [5.74, 6) is 0.148. The highest BCUT2D eigenvalue weighted by molar-refractivity contribution is 5.77. The molecule has 2 fully saturated rings. The first-order chi connectivity index (χ1) is 10.3. The third-order valence-corrected chi connectivity index (χ3v) is 4.35. The summed E-state index contributed by atoms with van der Waals surface area (Å²) in [6.07, 6.45) is 8.94. The van der Waals surface area contributed by atoms with Gasteiger partial charge in [-0.25, -0.2) is 0 Å². The molecule has 2 N–H and O–H groups in total. The average Bonchev–Trinajstić information content (AvgIpc) is 2.76. The maximum absolute atomic E-state index is 11.9. The zero-order chi connectivity index (χ0) is 14.8. The molecule has 0 radical (unpaired) electrons. The zero-order valence-electron chi connectivity index (χ0n) is 13.2. The molecule has 1 saturated carbocycles. The number of rotatable bonds is 7. The van der Waals surface area contributed by atoms with Crippen LogP contribution in [0.3, 0.4) is 0 Å². The monoisotopic (exact) mass is 297 g/mol. The third-order valence-electron chi connectivity index (χ3n) is 4.35. The van der Waals surface area contributed by atoms with E-state index in [2.05, 4.69) is 15.5 Å². The third kappa shape index (κ3) is 7.25. The van der Waals surface area contributed by atoms with Gasteiger partial charge in [0.25, 0.3) is 0 Å². The van der Waals surface area contributed by atoms with Gasteiger partial charge in [-0.05, 0) is 38.8 Å². The molecule has 2 aliphatic rings. The minimum Gasteiger partial charge on any atom is -0.378 e. The van der Waals surface area contributed by atoms with E-state index >= 15 is 0 Å². The molecule has 2 rings (SSSR count). The van der Waals surface area contributed by atoms with Crippen molar-refractivity contribution in [3.63, 3.8) is 0 Å². The highest BCUT2D eigenvalue weighted by Gasteiger charge is 2.14. The topological polar surface area (TPSA) is 53.6 Å². The number of nitrogens with one attached hydrogen (secondary N) is 2. The summed E-state index contributed by atoms with van der Waals surface area (Å²) in [6, 6.07) is 0. The number of carbonyl (C=O) groups excluding carboxylic acids is 1. The number of nitrogens with zero attached hydrogens (tertiary/aromatic N) is 1. The molecule has 1 amide bonds. The van der Waals surface area contributed by atoms with E-state index in [-0.39, 0.29) is 5.91 Å². The Labute approximate surface area is 128 Å². The highest BCUT2D eigenvalue weighted by Crippen LogP contribution is 2.20. The van der Waals surface area contributed by atoms with Crippen molar-refractivity contribution < 1.29 is 9.53 Å². The Bertz CT molecular complexity index is 285. The van der Waals surface area contributed by atoms with E-state index in [1.807, 2.05) is 0 Å². The molecule has 1 heterocycles. The fraction of sp³-hybridized carbons (Fsp3) is 0.938. The fourth-order valence-corrected chi connectivity index (χ4v) is 3.10. The second-order valence-corrected chi connectivity index (χ2v) is 6.21. The summed E-state index contributed by atoms with van der Waals surface area (Å²) in [4.78, 5) is 14.1. The first-order valence-corrected chi connectivity index (χ1v) is 8.66. The molecule has 21 heavy (non-hydrogen) atoms. The molecule has 0 unspecified atom stereocenters. The van der Waals surface area contributed by atoms with Gasteiger partial charge in [0.2, 0.25) is 5.91 Å². The minimum atomic E-state index is 0.148. The maximum Gasteiger partial charge on any atom is 0.234 e. The molecule has 0 atom stereocenters. The van der Waals surface area contributed by atoms with Gasteiger partial charge in [0.15, 0.2) is 0 Å². The van der Waals surface area contributed by atoms with Crippen LogP contribution in [0.2, 0.25) is 0 Å². The standard InChI is InChI=1S/C16H31N3O2/c20-16(14-19-11-4-8-17-10-12-19)18-9-5-13-21-15-6-2-1-3-7-15/h15,17H,1-14H2,(H,18,20). The van der Waals surface area contributed by atoms with Crippen LogP contribution < -0.4 is 10.6 Å². The van der Waals surface area contributed by atoms with Gasteiger partial charge in [-0.3, -0.25) is 9.69 Å². The lowest BCUT2D eigenvalue weighted by Crippen LogP contribution is -2.39. The van der Waals surface area contributed by atoms with E-state index in [9.17, 15) is 4.79 Å². The summed E-state index contributed by atoms with van der Waals surface area (Å²) in [5.41, 5.74) is 0. The average molecular weight is 297 g/mol. The van der Waals surface area contributed by atoms with Crippen LogP contribution in [-0.2, 0) is 9.53 Å². The largest absolute Gasteiger partial charge is 0.378 e. The van der Waals surface area contributed by atoms with Crippen LogP contribution in [0, 0.1) is 0 Å². The van der Waals surface area contributed by atoms with Crippen molar-refractivity contribution in [2.75, 3.05) is 45.9 Å². The summed E-state index contributed by atoms with van der Waals surface area (Å²) in [5, 5.41) is 6.36. The Morgan fingerprint density at radius 3 is 2.86 bits per heavy atom. The summed E-state index contributed by atoms with van der Waals surface area (Å²) < 4.78 is 5.86. The van der Waals surface area contributed by atoms with Gasteiger partial charge >= 0.3 is 0 Å². The molecule has 1 aliphatic carbocycles. The molecule has 5 heteroatoms. The van der Waals surface area contributed by atoms with Crippen LogP contribution in [0.25, 0.3) is 0 Å². The van der Waals surface area contributed by atoms with Crippen molar-refractivity contribution in [3.05, 3.63) is 0 Å². The number of hydrogen-bond donors (Lipinski definition) is 2. The smallest absolute Gasteiger partial charge is 0.234 e. The van der Waals surface area contributed by atoms with Gasteiger partial charge in [-0.1, -0.05) is 19.3 Å². The van der Waals surface area contributed by atoms with Gasteiger partial charge in [0, 0.05) is 26.2 Å². The molecule has 5 nitrogen and oxygen atoms in total. The first-order valence-electron chi connectivity index (χ1n) is 8.66. The maximum atomic E-state index is 11.9. The van der Waals surface area contributed by atoms with Gasteiger partial charge in [-0.2, -0.15) is 0 Å². The van der Waals surface area contributed by atoms with E-state index in [0.29, 0.717) is 12.6 Å². The van der Waals surface area contributed by atoms with Crippen LogP contribution in [0.1, 0.15) is 44.9 Å². The van der Waals surface area contributed by atoms with Crippen molar-refractivity contribution in [3.8, 4) is 0 Å². The normalized spacial score (nSPS) is 21.9. The van der Waals surface area contributed by atoms with E-state index < -0.39 is 0 Å². The SMILES string of the molecule is O=C(CN1CCCNCC1)NCCCOC1CCCCC1. The summed E-state index contributed by atoms with van der Waals surface area (Å²) >= 11 is 0. The number of carbonyl (C=O) groups is 1. The number of hydrogen-bond acceptors (Lipinski definition) is 4. The lowest BCUT2D eigenvalue weighted by Gasteiger charge is -2.22. The van der Waals surface area contributed by atoms with Crippen LogP contribution in [0.5, 0.6) is 0 Å². The van der Waals surface area contributed by atoms with Gasteiger partial charge in [-0.15, -0.1) is 0 Å².